The maximum atomic E-state index is 12.2. The number of carbonyl (C=O) groups excluding carboxylic acids is 1. The highest BCUT2D eigenvalue weighted by atomic mass is 79.9. The molecule has 110 valence electrons. The molecule has 0 heterocycles. The molecule has 1 N–H and O–H groups in total. The van der Waals surface area contributed by atoms with E-state index in [1.54, 1.807) is 0 Å². The lowest BCUT2D eigenvalue weighted by atomic mass is 10.0. The van der Waals surface area contributed by atoms with E-state index >= 15 is 0 Å². The molecule has 2 atom stereocenters. The molecule has 1 saturated carbocycles. The van der Waals surface area contributed by atoms with Gasteiger partial charge in [-0.1, -0.05) is 64.8 Å². The van der Waals surface area contributed by atoms with Crippen LogP contribution in [0.1, 0.15) is 24.8 Å². The van der Waals surface area contributed by atoms with E-state index in [-0.39, 0.29) is 5.91 Å². The molecule has 1 amide bonds. The molecular formula is C18H20BrNO. The molecule has 2 aromatic rings. The predicted molar refractivity (Wildman–Crippen MR) is 90.7 cm³/mol. The second kappa shape index (κ2) is 6.61. The Bertz CT molecular complexity index is 640. The fourth-order valence-corrected chi connectivity index (χ4v) is 3.98. The Morgan fingerprint density at radius 2 is 1.95 bits per heavy atom. The Balaban J connectivity index is 1.65. The van der Waals surface area contributed by atoms with Crippen LogP contribution >= 0.6 is 15.9 Å². The Hall–Kier alpha value is -1.35. The molecule has 0 bridgehead atoms. The van der Waals surface area contributed by atoms with Crippen molar-refractivity contribution in [2.24, 2.45) is 5.92 Å². The minimum atomic E-state index is 0.142. The first kappa shape index (κ1) is 14.6. The molecule has 1 fully saturated rings. The van der Waals surface area contributed by atoms with Gasteiger partial charge in [0, 0.05) is 11.4 Å². The van der Waals surface area contributed by atoms with Gasteiger partial charge in [-0.25, -0.2) is 0 Å². The molecule has 3 heteroatoms. The average molecular weight is 346 g/mol. The fraction of sp³-hybridized carbons (Fsp3) is 0.389. The van der Waals surface area contributed by atoms with E-state index < -0.39 is 0 Å². The molecule has 0 spiro atoms. The molecule has 0 aromatic heterocycles. The molecular weight excluding hydrogens is 326 g/mol. The normalized spacial score (nSPS) is 21.6. The van der Waals surface area contributed by atoms with Gasteiger partial charge in [-0.3, -0.25) is 4.79 Å². The highest BCUT2D eigenvalue weighted by Crippen LogP contribution is 2.27. The van der Waals surface area contributed by atoms with Crippen LogP contribution in [0, 0.1) is 5.92 Å². The summed E-state index contributed by atoms with van der Waals surface area (Å²) in [5.74, 6) is 0.730. The minimum Gasteiger partial charge on any atom is -0.353 e. The van der Waals surface area contributed by atoms with Crippen molar-refractivity contribution in [1.29, 1.82) is 0 Å². The van der Waals surface area contributed by atoms with Gasteiger partial charge in [-0.2, -0.15) is 0 Å². The van der Waals surface area contributed by atoms with Crippen LogP contribution in [0.2, 0.25) is 0 Å². The van der Waals surface area contributed by atoms with Crippen molar-refractivity contribution in [3.63, 3.8) is 0 Å². The third-order valence-electron chi connectivity index (χ3n) is 4.38. The van der Waals surface area contributed by atoms with Gasteiger partial charge in [0.2, 0.25) is 5.91 Å². The van der Waals surface area contributed by atoms with Gasteiger partial charge in [-0.15, -0.1) is 0 Å². The molecule has 3 rings (SSSR count). The van der Waals surface area contributed by atoms with Crippen LogP contribution in [0.15, 0.2) is 42.5 Å². The van der Waals surface area contributed by atoms with Crippen LogP contribution < -0.4 is 5.32 Å². The Morgan fingerprint density at radius 3 is 2.76 bits per heavy atom. The molecule has 21 heavy (non-hydrogen) atoms. The highest BCUT2D eigenvalue weighted by Gasteiger charge is 2.27. The number of nitrogens with one attached hydrogen (secondary N) is 1. The number of halogens is 1. The Labute approximate surface area is 134 Å². The van der Waals surface area contributed by atoms with Crippen LogP contribution in [0.3, 0.4) is 0 Å². The summed E-state index contributed by atoms with van der Waals surface area (Å²) in [4.78, 5) is 12.2. The van der Waals surface area contributed by atoms with Crippen molar-refractivity contribution in [1.82, 2.24) is 5.32 Å². The number of carbonyl (C=O) groups is 1. The molecule has 2 aromatic carbocycles. The topological polar surface area (TPSA) is 29.1 Å². The lowest BCUT2D eigenvalue weighted by Gasteiger charge is -2.19. The number of benzene rings is 2. The molecule has 1 aliphatic carbocycles. The molecule has 1 aliphatic rings. The summed E-state index contributed by atoms with van der Waals surface area (Å²) < 4.78 is 0. The Kier molecular flexibility index (Phi) is 4.59. The van der Waals surface area contributed by atoms with Gasteiger partial charge in [0.15, 0.2) is 0 Å². The van der Waals surface area contributed by atoms with E-state index in [1.165, 1.54) is 23.6 Å². The molecule has 0 aliphatic heterocycles. The van der Waals surface area contributed by atoms with Crippen LogP contribution in [-0.4, -0.2) is 17.3 Å². The molecule has 0 saturated heterocycles. The maximum Gasteiger partial charge on any atom is 0.224 e. The number of alkyl halides is 1. The first-order chi connectivity index (χ1) is 10.3. The van der Waals surface area contributed by atoms with Crippen molar-refractivity contribution in [3.8, 4) is 0 Å². The van der Waals surface area contributed by atoms with Crippen molar-refractivity contribution in [2.75, 3.05) is 5.33 Å². The van der Waals surface area contributed by atoms with Crippen LogP contribution in [-0.2, 0) is 11.2 Å². The molecule has 2 unspecified atom stereocenters. The van der Waals surface area contributed by atoms with E-state index in [4.69, 9.17) is 0 Å². The summed E-state index contributed by atoms with van der Waals surface area (Å²) in [7, 11) is 0. The largest absolute Gasteiger partial charge is 0.353 e. The van der Waals surface area contributed by atoms with Gasteiger partial charge in [0.25, 0.3) is 0 Å². The van der Waals surface area contributed by atoms with Gasteiger partial charge in [0.05, 0.1) is 6.42 Å². The molecule has 2 nitrogen and oxygen atoms in total. The van der Waals surface area contributed by atoms with E-state index in [2.05, 4.69) is 51.6 Å². The van der Waals surface area contributed by atoms with Crippen molar-refractivity contribution < 1.29 is 4.79 Å². The summed E-state index contributed by atoms with van der Waals surface area (Å²) in [5, 5.41) is 6.60. The van der Waals surface area contributed by atoms with Gasteiger partial charge in [0.1, 0.15) is 0 Å². The molecule has 0 radical (unpaired) electrons. The average Bonchev–Trinajstić information content (AvgIpc) is 2.94. The standard InChI is InChI=1S/C18H20BrNO/c19-12-16-6-3-7-17(16)20-18(21)11-13-8-9-14-4-1-2-5-15(14)10-13/h1-2,4-5,8-10,16-17H,3,6-7,11-12H2,(H,20,21). The second-order valence-electron chi connectivity index (χ2n) is 5.88. The number of rotatable bonds is 4. The van der Waals surface area contributed by atoms with Gasteiger partial charge in [-0.05, 0) is 35.1 Å². The van der Waals surface area contributed by atoms with Crippen LogP contribution in [0.5, 0.6) is 0 Å². The summed E-state index contributed by atoms with van der Waals surface area (Å²) in [6, 6.07) is 14.9. The summed E-state index contributed by atoms with van der Waals surface area (Å²) in [6.45, 7) is 0. The zero-order valence-corrected chi connectivity index (χ0v) is 13.6. The quantitative estimate of drug-likeness (QED) is 0.831. The Morgan fingerprint density at radius 1 is 1.14 bits per heavy atom. The van der Waals surface area contributed by atoms with Crippen molar-refractivity contribution in [3.05, 3.63) is 48.0 Å². The third kappa shape index (κ3) is 3.46. The van der Waals surface area contributed by atoms with E-state index in [9.17, 15) is 4.79 Å². The number of fused-ring (bicyclic) bond motifs is 1. The van der Waals surface area contributed by atoms with Crippen molar-refractivity contribution in [2.45, 2.75) is 31.7 Å². The van der Waals surface area contributed by atoms with Crippen molar-refractivity contribution >= 4 is 32.6 Å². The summed E-state index contributed by atoms with van der Waals surface area (Å²) in [5.41, 5.74) is 1.08. The van der Waals surface area contributed by atoms with E-state index in [0.29, 0.717) is 18.4 Å². The number of amides is 1. The lowest BCUT2D eigenvalue weighted by Crippen LogP contribution is -2.38. The predicted octanol–water partition coefficient (Wildman–Crippen LogP) is 4.06. The smallest absolute Gasteiger partial charge is 0.224 e. The fourth-order valence-electron chi connectivity index (χ4n) is 3.20. The van der Waals surface area contributed by atoms with Crippen LogP contribution in [0.25, 0.3) is 10.8 Å². The zero-order valence-electron chi connectivity index (χ0n) is 12.0. The van der Waals surface area contributed by atoms with Crippen LogP contribution in [0.4, 0.5) is 0 Å². The SMILES string of the molecule is O=C(Cc1ccc2ccccc2c1)NC1CCCC1CBr. The first-order valence-electron chi connectivity index (χ1n) is 7.59. The zero-order chi connectivity index (χ0) is 14.7. The lowest BCUT2D eigenvalue weighted by molar-refractivity contribution is -0.121. The van der Waals surface area contributed by atoms with Gasteiger partial charge < -0.3 is 5.32 Å². The highest BCUT2D eigenvalue weighted by molar-refractivity contribution is 9.09. The van der Waals surface area contributed by atoms with E-state index in [1.807, 2.05) is 12.1 Å². The monoisotopic (exact) mass is 345 g/mol. The number of hydrogen-bond acceptors (Lipinski definition) is 1. The van der Waals surface area contributed by atoms with Gasteiger partial charge >= 0.3 is 0 Å². The minimum absolute atomic E-state index is 0.142. The second-order valence-corrected chi connectivity index (χ2v) is 6.53. The summed E-state index contributed by atoms with van der Waals surface area (Å²) in [6.07, 6.45) is 4.01. The summed E-state index contributed by atoms with van der Waals surface area (Å²) >= 11 is 3.55. The maximum absolute atomic E-state index is 12.2. The third-order valence-corrected chi connectivity index (χ3v) is 5.21. The van der Waals surface area contributed by atoms with E-state index in [0.717, 1.165) is 17.3 Å². The first-order valence-corrected chi connectivity index (χ1v) is 8.71. The number of hydrogen-bond donors (Lipinski definition) is 1.